The number of anilines is 1. The van der Waals surface area contributed by atoms with E-state index in [0.29, 0.717) is 19.4 Å². The minimum absolute atomic E-state index is 0.0197. The zero-order valence-corrected chi connectivity index (χ0v) is 17.4. The second-order valence-electron chi connectivity index (χ2n) is 7.73. The molecule has 1 aliphatic carbocycles. The van der Waals surface area contributed by atoms with E-state index in [-0.39, 0.29) is 18.6 Å². The van der Waals surface area contributed by atoms with Crippen molar-refractivity contribution in [3.63, 3.8) is 0 Å². The normalized spacial score (nSPS) is 21.9. The first-order chi connectivity index (χ1) is 14.3. The summed E-state index contributed by atoms with van der Waals surface area (Å²) < 4.78 is 28.8. The van der Waals surface area contributed by atoms with Gasteiger partial charge in [0.15, 0.2) is 0 Å². The molecule has 1 aromatic carbocycles. The number of aliphatic hydroxyl groups is 1. The lowest BCUT2D eigenvalue weighted by atomic mass is 10.1. The standard InChI is InChI=1S/C20H25N5O4S/c1-24(11-14-5-3-2-4-6-14)19-17-7-8-25(20(17)23-13-22-19)16-9-15(18(26)10-16)12-29-30(21,27)28/h2-8,13,15-16,18,26H,9-12H2,1H3,(H2,21,27,28)/t15-,16+,18-/m0/s1. The third-order valence-corrected chi connectivity index (χ3v) is 6.05. The summed E-state index contributed by atoms with van der Waals surface area (Å²) in [4.78, 5) is 11.0. The SMILES string of the molecule is CN(Cc1ccccc1)c1ncnc2c1ccn2[C@@H]1C[C@@H](COS(N)(=O)=O)[C@@H](O)C1. The summed E-state index contributed by atoms with van der Waals surface area (Å²) >= 11 is 0. The van der Waals surface area contributed by atoms with Crippen molar-refractivity contribution in [2.24, 2.45) is 11.1 Å². The maximum absolute atomic E-state index is 11.1. The summed E-state index contributed by atoms with van der Waals surface area (Å²) in [7, 11) is -2.03. The van der Waals surface area contributed by atoms with Crippen LogP contribution >= 0.6 is 0 Å². The highest BCUT2D eigenvalue weighted by Crippen LogP contribution is 2.38. The Balaban J connectivity index is 1.55. The van der Waals surface area contributed by atoms with Crippen LogP contribution in [0.4, 0.5) is 5.82 Å². The summed E-state index contributed by atoms with van der Waals surface area (Å²) in [5.41, 5.74) is 1.97. The molecule has 1 saturated carbocycles. The molecule has 0 saturated heterocycles. The Bertz CT molecular complexity index is 1120. The van der Waals surface area contributed by atoms with Crippen molar-refractivity contribution in [2.45, 2.75) is 31.5 Å². The van der Waals surface area contributed by atoms with Gasteiger partial charge in [0.05, 0.1) is 18.1 Å². The van der Waals surface area contributed by atoms with E-state index in [0.717, 1.165) is 16.9 Å². The van der Waals surface area contributed by atoms with Crippen molar-refractivity contribution in [1.29, 1.82) is 0 Å². The van der Waals surface area contributed by atoms with Crippen molar-refractivity contribution in [2.75, 3.05) is 18.6 Å². The Morgan fingerprint density at radius 2 is 2.00 bits per heavy atom. The zero-order chi connectivity index (χ0) is 21.3. The fourth-order valence-corrected chi connectivity index (χ4v) is 4.52. The van der Waals surface area contributed by atoms with Crippen molar-refractivity contribution >= 4 is 27.2 Å². The Morgan fingerprint density at radius 1 is 1.23 bits per heavy atom. The molecule has 30 heavy (non-hydrogen) atoms. The fourth-order valence-electron chi connectivity index (χ4n) is 4.15. The molecule has 9 nitrogen and oxygen atoms in total. The summed E-state index contributed by atoms with van der Waals surface area (Å²) in [6.07, 6.45) is 3.87. The lowest BCUT2D eigenvalue weighted by Gasteiger charge is -2.19. The van der Waals surface area contributed by atoms with Gasteiger partial charge in [0.25, 0.3) is 0 Å². The first-order valence-corrected chi connectivity index (χ1v) is 11.2. The molecule has 4 rings (SSSR count). The number of hydrogen-bond acceptors (Lipinski definition) is 7. The predicted octanol–water partition coefficient (Wildman–Crippen LogP) is 1.60. The Labute approximate surface area is 175 Å². The van der Waals surface area contributed by atoms with Crippen molar-refractivity contribution in [3.8, 4) is 0 Å². The average Bonchev–Trinajstić information content (AvgIpc) is 3.29. The third kappa shape index (κ3) is 4.46. The van der Waals surface area contributed by atoms with Crippen LogP contribution in [0.25, 0.3) is 11.0 Å². The van der Waals surface area contributed by atoms with Gasteiger partial charge in [0.1, 0.15) is 17.8 Å². The molecule has 160 valence electrons. The second kappa shape index (κ2) is 8.31. The van der Waals surface area contributed by atoms with Crippen LogP contribution in [0.5, 0.6) is 0 Å². The number of aromatic nitrogens is 3. The van der Waals surface area contributed by atoms with Crippen molar-refractivity contribution < 1.29 is 17.7 Å². The maximum Gasteiger partial charge on any atom is 0.333 e. The molecular formula is C20H25N5O4S. The molecular weight excluding hydrogens is 406 g/mol. The summed E-state index contributed by atoms with van der Waals surface area (Å²) in [6.45, 7) is 0.586. The van der Waals surface area contributed by atoms with Crippen LogP contribution in [0.2, 0.25) is 0 Å². The molecule has 3 atom stereocenters. The van der Waals surface area contributed by atoms with Gasteiger partial charge in [-0.1, -0.05) is 30.3 Å². The van der Waals surface area contributed by atoms with Gasteiger partial charge in [-0.3, -0.25) is 4.18 Å². The van der Waals surface area contributed by atoms with E-state index in [1.54, 1.807) is 6.33 Å². The second-order valence-corrected chi connectivity index (χ2v) is 8.95. The molecule has 0 bridgehead atoms. The number of nitrogens with two attached hydrogens (primary N) is 1. The highest BCUT2D eigenvalue weighted by atomic mass is 32.2. The number of benzene rings is 1. The van der Waals surface area contributed by atoms with E-state index in [9.17, 15) is 13.5 Å². The van der Waals surface area contributed by atoms with Crippen LogP contribution in [0.3, 0.4) is 0 Å². The summed E-state index contributed by atoms with van der Waals surface area (Å²) in [6, 6.07) is 12.1. The van der Waals surface area contributed by atoms with Crippen molar-refractivity contribution in [1.82, 2.24) is 14.5 Å². The van der Waals surface area contributed by atoms with Crippen LogP contribution in [-0.4, -0.2) is 47.8 Å². The molecule has 0 radical (unpaired) electrons. The van der Waals surface area contributed by atoms with Crippen LogP contribution in [0.1, 0.15) is 24.4 Å². The van der Waals surface area contributed by atoms with Crippen LogP contribution in [-0.2, 0) is 21.0 Å². The molecule has 0 spiro atoms. The van der Waals surface area contributed by atoms with Crippen LogP contribution in [0, 0.1) is 5.92 Å². The van der Waals surface area contributed by atoms with Gasteiger partial charge < -0.3 is 14.6 Å². The summed E-state index contributed by atoms with van der Waals surface area (Å²) in [5, 5.41) is 16.2. The van der Waals surface area contributed by atoms with E-state index in [1.165, 1.54) is 5.56 Å². The molecule has 0 amide bonds. The van der Waals surface area contributed by atoms with E-state index in [4.69, 9.17) is 9.32 Å². The minimum Gasteiger partial charge on any atom is -0.393 e. The molecule has 3 N–H and O–H groups in total. The number of nitrogens with zero attached hydrogens (tertiary/aromatic N) is 4. The Hall–Kier alpha value is -2.53. The average molecular weight is 432 g/mol. The van der Waals surface area contributed by atoms with Gasteiger partial charge in [-0.15, -0.1) is 0 Å². The van der Waals surface area contributed by atoms with Gasteiger partial charge >= 0.3 is 10.3 Å². The fraction of sp³-hybridized carbons (Fsp3) is 0.400. The smallest absolute Gasteiger partial charge is 0.333 e. The largest absolute Gasteiger partial charge is 0.393 e. The Kier molecular flexibility index (Phi) is 5.74. The number of rotatable bonds is 7. The molecule has 1 aliphatic rings. The topological polar surface area (TPSA) is 124 Å². The van der Waals surface area contributed by atoms with E-state index >= 15 is 0 Å². The number of aliphatic hydroxyl groups excluding tert-OH is 1. The lowest BCUT2D eigenvalue weighted by molar-refractivity contribution is 0.100. The number of fused-ring (bicyclic) bond motifs is 1. The molecule has 10 heteroatoms. The monoisotopic (exact) mass is 431 g/mol. The summed E-state index contributed by atoms with van der Waals surface area (Å²) in [5.74, 6) is 0.517. The third-order valence-electron chi connectivity index (χ3n) is 5.58. The van der Waals surface area contributed by atoms with Gasteiger partial charge in [0, 0.05) is 31.7 Å². The first kappa shape index (κ1) is 20.7. The van der Waals surface area contributed by atoms with E-state index in [2.05, 4.69) is 27.0 Å². The van der Waals surface area contributed by atoms with Gasteiger partial charge in [0.2, 0.25) is 0 Å². The maximum atomic E-state index is 11.1. The van der Waals surface area contributed by atoms with E-state index in [1.807, 2.05) is 42.1 Å². The highest BCUT2D eigenvalue weighted by molar-refractivity contribution is 7.84. The predicted molar refractivity (Wildman–Crippen MR) is 113 cm³/mol. The Morgan fingerprint density at radius 3 is 2.73 bits per heavy atom. The molecule has 3 aromatic rings. The van der Waals surface area contributed by atoms with Crippen molar-refractivity contribution in [3.05, 3.63) is 54.5 Å². The quantitative estimate of drug-likeness (QED) is 0.582. The molecule has 1 fully saturated rings. The van der Waals surface area contributed by atoms with E-state index < -0.39 is 16.4 Å². The molecule has 0 aliphatic heterocycles. The number of hydrogen-bond donors (Lipinski definition) is 2. The zero-order valence-electron chi connectivity index (χ0n) is 16.6. The highest BCUT2D eigenvalue weighted by Gasteiger charge is 2.35. The van der Waals surface area contributed by atoms with Gasteiger partial charge in [-0.25, -0.2) is 15.1 Å². The van der Waals surface area contributed by atoms with Gasteiger partial charge in [-0.2, -0.15) is 8.42 Å². The van der Waals surface area contributed by atoms with Crippen LogP contribution in [0.15, 0.2) is 48.9 Å². The molecule has 0 unspecified atom stereocenters. The lowest BCUT2D eigenvalue weighted by Crippen LogP contribution is -2.24. The van der Waals surface area contributed by atoms with Gasteiger partial charge in [-0.05, 0) is 24.5 Å². The molecule has 2 aromatic heterocycles. The minimum atomic E-state index is -4.03. The molecule has 2 heterocycles. The van der Waals surface area contributed by atoms with Crippen LogP contribution < -0.4 is 10.0 Å². The first-order valence-electron chi connectivity index (χ1n) is 9.73.